The Morgan fingerprint density at radius 2 is 1.68 bits per heavy atom. The summed E-state index contributed by atoms with van der Waals surface area (Å²) in [5, 5.41) is 12.5. The van der Waals surface area contributed by atoms with Crippen LogP contribution in [0.4, 0.5) is 0 Å². The molecule has 0 bridgehead atoms. The number of hydrogen-bond acceptors (Lipinski definition) is 6. The van der Waals surface area contributed by atoms with Gasteiger partial charge in [-0.25, -0.2) is 0 Å². The van der Waals surface area contributed by atoms with E-state index in [4.69, 9.17) is 0 Å². The zero-order valence-electron chi connectivity index (χ0n) is 19.5. The van der Waals surface area contributed by atoms with Gasteiger partial charge in [0.25, 0.3) is 0 Å². The van der Waals surface area contributed by atoms with Crippen LogP contribution in [0.3, 0.4) is 0 Å². The van der Waals surface area contributed by atoms with Gasteiger partial charge in [-0.1, -0.05) is 35.5 Å². The number of rotatable bonds is 9. The summed E-state index contributed by atoms with van der Waals surface area (Å²) in [6.45, 7) is 6.87. The van der Waals surface area contributed by atoms with Crippen molar-refractivity contribution in [1.29, 1.82) is 0 Å². The van der Waals surface area contributed by atoms with E-state index in [-0.39, 0.29) is 11.7 Å². The fourth-order valence-electron chi connectivity index (χ4n) is 3.32. The molecule has 2 aromatic carbocycles. The van der Waals surface area contributed by atoms with E-state index in [1.54, 1.807) is 24.2 Å². The van der Waals surface area contributed by atoms with E-state index >= 15 is 0 Å². The van der Waals surface area contributed by atoms with Crippen molar-refractivity contribution in [3.05, 3.63) is 83.7 Å². The summed E-state index contributed by atoms with van der Waals surface area (Å²) < 4.78 is 2.01. The number of pyridine rings is 1. The first-order valence-electron chi connectivity index (χ1n) is 11.0. The van der Waals surface area contributed by atoms with Crippen LogP contribution in [0.1, 0.15) is 16.7 Å². The summed E-state index contributed by atoms with van der Waals surface area (Å²) in [5.41, 5.74) is 5.55. The normalized spacial score (nSPS) is 10.9. The molecule has 0 radical (unpaired) electrons. The van der Waals surface area contributed by atoms with E-state index in [9.17, 15) is 4.79 Å². The van der Waals surface area contributed by atoms with E-state index in [0.717, 1.165) is 22.8 Å². The number of nitrogens with one attached hydrogen (secondary N) is 1. The van der Waals surface area contributed by atoms with Gasteiger partial charge in [-0.15, -0.1) is 22.0 Å². The quantitative estimate of drug-likeness (QED) is 0.256. The summed E-state index contributed by atoms with van der Waals surface area (Å²) in [5.74, 6) is 1.80. The summed E-state index contributed by atoms with van der Waals surface area (Å²) >= 11 is 3.12. The predicted molar refractivity (Wildman–Crippen MR) is 140 cm³/mol. The van der Waals surface area contributed by atoms with Crippen molar-refractivity contribution in [2.24, 2.45) is 0 Å². The van der Waals surface area contributed by atoms with Crippen LogP contribution < -0.4 is 5.32 Å². The van der Waals surface area contributed by atoms with Crippen LogP contribution in [0.15, 0.2) is 77.0 Å². The molecule has 0 fully saturated rings. The van der Waals surface area contributed by atoms with Crippen molar-refractivity contribution in [2.75, 3.05) is 18.1 Å². The standard InChI is InChI=1S/C26H27N5OS2/c1-18-4-8-23(9-5-18)33-15-14-28-24(32)17-34-26-30-29-25(21-10-12-27-13-11-21)31(26)22-7-6-19(2)20(3)16-22/h4-13,16H,14-15,17H2,1-3H3,(H,28,32). The van der Waals surface area contributed by atoms with Crippen LogP contribution in [0, 0.1) is 20.8 Å². The minimum Gasteiger partial charge on any atom is -0.355 e. The van der Waals surface area contributed by atoms with E-state index in [1.165, 1.54) is 33.3 Å². The summed E-state index contributed by atoms with van der Waals surface area (Å²) in [6, 6.07) is 18.5. The maximum atomic E-state index is 12.5. The predicted octanol–water partition coefficient (Wildman–Crippen LogP) is 5.26. The zero-order chi connectivity index (χ0) is 23.9. The molecule has 0 saturated carbocycles. The van der Waals surface area contributed by atoms with Crippen LogP contribution in [0.2, 0.25) is 0 Å². The Balaban J connectivity index is 1.42. The molecule has 6 nitrogen and oxygen atoms in total. The third kappa shape index (κ3) is 6.07. The van der Waals surface area contributed by atoms with Gasteiger partial charge in [0.2, 0.25) is 5.91 Å². The van der Waals surface area contributed by atoms with Crippen LogP contribution >= 0.6 is 23.5 Å². The third-order valence-corrected chi connectivity index (χ3v) is 7.31. The average Bonchev–Trinajstić information content (AvgIpc) is 3.28. The molecule has 34 heavy (non-hydrogen) atoms. The second-order valence-corrected chi connectivity index (χ2v) is 10.1. The number of carbonyl (C=O) groups is 1. The molecule has 0 aliphatic heterocycles. The molecular weight excluding hydrogens is 462 g/mol. The highest BCUT2D eigenvalue weighted by atomic mass is 32.2. The first kappa shape index (κ1) is 24.0. The molecule has 8 heteroatoms. The van der Waals surface area contributed by atoms with Crippen LogP contribution in [0.25, 0.3) is 17.1 Å². The van der Waals surface area contributed by atoms with Gasteiger partial charge >= 0.3 is 0 Å². The molecule has 0 atom stereocenters. The van der Waals surface area contributed by atoms with E-state index in [2.05, 4.69) is 83.7 Å². The van der Waals surface area contributed by atoms with Gasteiger partial charge in [-0.05, 0) is 68.3 Å². The third-order valence-electron chi connectivity index (χ3n) is 5.37. The highest BCUT2D eigenvalue weighted by Gasteiger charge is 2.17. The molecule has 0 spiro atoms. The number of hydrogen-bond donors (Lipinski definition) is 1. The Bertz CT molecular complexity index is 1260. The van der Waals surface area contributed by atoms with Crippen LogP contribution in [-0.4, -0.2) is 43.7 Å². The molecule has 4 aromatic rings. The molecule has 1 N–H and O–H groups in total. The van der Waals surface area contributed by atoms with Gasteiger partial charge in [0.1, 0.15) is 0 Å². The van der Waals surface area contributed by atoms with E-state index in [1.807, 2.05) is 16.7 Å². The smallest absolute Gasteiger partial charge is 0.230 e. The lowest BCUT2D eigenvalue weighted by atomic mass is 10.1. The molecule has 1 amide bonds. The average molecular weight is 490 g/mol. The summed E-state index contributed by atoms with van der Waals surface area (Å²) in [6.07, 6.45) is 3.48. The number of aryl methyl sites for hydroxylation is 3. The lowest BCUT2D eigenvalue weighted by molar-refractivity contribution is -0.118. The molecule has 0 unspecified atom stereocenters. The Hall–Kier alpha value is -3.10. The van der Waals surface area contributed by atoms with E-state index in [0.29, 0.717) is 11.7 Å². The van der Waals surface area contributed by atoms with Crippen molar-refractivity contribution in [2.45, 2.75) is 30.8 Å². The molecule has 0 aliphatic rings. The summed E-state index contributed by atoms with van der Waals surface area (Å²) in [4.78, 5) is 17.8. The van der Waals surface area contributed by atoms with Crippen LogP contribution in [0.5, 0.6) is 0 Å². The van der Waals surface area contributed by atoms with Crippen LogP contribution in [-0.2, 0) is 4.79 Å². The fourth-order valence-corrected chi connectivity index (χ4v) is 4.87. The largest absolute Gasteiger partial charge is 0.355 e. The number of carbonyl (C=O) groups excluding carboxylic acids is 1. The number of thioether (sulfide) groups is 2. The lowest BCUT2D eigenvalue weighted by Crippen LogP contribution is -2.27. The first-order valence-corrected chi connectivity index (χ1v) is 13.0. The first-order chi connectivity index (χ1) is 16.5. The topological polar surface area (TPSA) is 72.7 Å². The van der Waals surface area contributed by atoms with E-state index < -0.39 is 0 Å². The monoisotopic (exact) mass is 489 g/mol. The van der Waals surface area contributed by atoms with Gasteiger partial charge in [0, 0.05) is 35.2 Å². The van der Waals surface area contributed by atoms with Crippen molar-refractivity contribution < 1.29 is 4.79 Å². The number of benzene rings is 2. The summed E-state index contributed by atoms with van der Waals surface area (Å²) in [7, 11) is 0. The minimum absolute atomic E-state index is 0.0189. The number of aromatic nitrogens is 4. The molecule has 174 valence electrons. The maximum absolute atomic E-state index is 12.5. The lowest BCUT2D eigenvalue weighted by Gasteiger charge is -2.12. The minimum atomic E-state index is -0.0189. The zero-order valence-corrected chi connectivity index (χ0v) is 21.1. The van der Waals surface area contributed by atoms with Crippen molar-refractivity contribution in [3.63, 3.8) is 0 Å². The molecule has 2 heterocycles. The van der Waals surface area contributed by atoms with Gasteiger partial charge in [-0.2, -0.15) is 0 Å². The molecular formula is C26H27N5OS2. The van der Waals surface area contributed by atoms with Crippen molar-refractivity contribution in [3.8, 4) is 17.1 Å². The highest BCUT2D eigenvalue weighted by molar-refractivity contribution is 7.99. The number of amides is 1. The van der Waals surface area contributed by atoms with Gasteiger partial charge in [-0.3, -0.25) is 14.3 Å². The second-order valence-electron chi connectivity index (χ2n) is 7.95. The van der Waals surface area contributed by atoms with Crippen molar-refractivity contribution >= 4 is 29.4 Å². The fraction of sp³-hybridized carbons (Fsp3) is 0.231. The second kappa shape index (κ2) is 11.4. The molecule has 0 saturated heterocycles. The molecule has 2 aromatic heterocycles. The Kier molecular flexibility index (Phi) is 8.03. The molecule has 4 rings (SSSR count). The SMILES string of the molecule is Cc1ccc(SCCNC(=O)CSc2nnc(-c3ccncc3)n2-c2ccc(C)c(C)c2)cc1. The Labute approximate surface area is 208 Å². The van der Waals surface area contributed by atoms with Gasteiger partial charge in [0.05, 0.1) is 11.4 Å². The highest BCUT2D eigenvalue weighted by Crippen LogP contribution is 2.28. The molecule has 0 aliphatic carbocycles. The Morgan fingerprint density at radius 3 is 2.41 bits per heavy atom. The van der Waals surface area contributed by atoms with Gasteiger partial charge < -0.3 is 5.32 Å². The van der Waals surface area contributed by atoms with Gasteiger partial charge in [0.15, 0.2) is 11.0 Å². The Morgan fingerprint density at radius 1 is 0.912 bits per heavy atom. The maximum Gasteiger partial charge on any atom is 0.230 e. The van der Waals surface area contributed by atoms with Crippen molar-refractivity contribution in [1.82, 2.24) is 25.1 Å². The number of nitrogens with zero attached hydrogens (tertiary/aromatic N) is 4.